The molecular weight excluding hydrogens is 152 g/mol. The molecule has 0 aliphatic rings. The Morgan fingerprint density at radius 1 is 1.42 bits per heavy atom. The van der Waals surface area contributed by atoms with Crippen molar-refractivity contribution in [2.75, 3.05) is 7.05 Å². The van der Waals surface area contributed by atoms with Crippen molar-refractivity contribution >= 4 is 11.0 Å². The molecule has 0 spiro atoms. The van der Waals surface area contributed by atoms with Crippen LogP contribution in [0.15, 0.2) is 18.2 Å². The highest BCUT2D eigenvalue weighted by Crippen LogP contribution is 2.12. The van der Waals surface area contributed by atoms with Gasteiger partial charge in [0.1, 0.15) is 11.0 Å². The highest BCUT2D eigenvalue weighted by atomic mass is 15.3. The van der Waals surface area contributed by atoms with Gasteiger partial charge in [-0.2, -0.15) is 15.4 Å². The van der Waals surface area contributed by atoms with Crippen LogP contribution < -0.4 is 5.32 Å². The molecule has 2 aromatic rings. The monoisotopic (exact) mass is 162 g/mol. The van der Waals surface area contributed by atoms with Gasteiger partial charge in [-0.3, -0.25) is 0 Å². The number of para-hydroxylation sites is 1. The summed E-state index contributed by atoms with van der Waals surface area (Å²) in [5.41, 5.74) is 3.04. The third-order valence-electron chi connectivity index (χ3n) is 1.80. The zero-order chi connectivity index (χ0) is 8.39. The van der Waals surface area contributed by atoms with E-state index in [2.05, 4.69) is 20.7 Å². The predicted molar refractivity (Wildman–Crippen MR) is 46.7 cm³/mol. The van der Waals surface area contributed by atoms with Gasteiger partial charge in [0, 0.05) is 6.54 Å². The average Bonchev–Trinajstić information content (AvgIpc) is 2.53. The van der Waals surface area contributed by atoms with Crippen molar-refractivity contribution in [3.8, 4) is 0 Å². The maximum atomic E-state index is 4.06. The third-order valence-corrected chi connectivity index (χ3v) is 1.80. The Morgan fingerprint density at radius 3 is 3.17 bits per heavy atom. The van der Waals surface area contributed by atoms with Crippen LogP contribution in [0.1, 0.15) is 5.56 Å². The first-order valence-electron chi connectivity index (χ1n) is 3.85. The molecule has 0 atom stereocenters. The van der Waals surface area contributed by atoms with Crippen LogP contribution in [-0.4, -0.2) is 22.5 Å². The maximum Gasteiger partial charge on any atom is 0.117 e. The first-order chi connectivity index (χ1) is 5.92. The minimum absolute atomic E-state index is 0.823. The number of hydrogen-bond donors (Lipinski definition) is 2. The van der Waals surface area contributed by atoms with Crippen LogP contribution in [0.4, 0.5) is 0 Å². The van der Waals surface area contributed by atoms with E-state index >= 15 is 0 Å². The molecule has 0 amide bonds. The highest BCUT2D eigenvalue weighted by molar-refractivity contribution is 5.77. The van der Waals surface area contributed by atoms with E-state index in [1.54, 1.807) is 0 Å². The quantitative estimate of drug-likeness (QED) is 0.682. The van der Waals surface area contributed by atoms with E-state index in [0.29, 0.717) is 0 Å². The second kappa shape index (κ2) is 2.91. The lowest BCUT2D eigenvalue weighted by Gasteiger charge is -1.98. The summed E-state index contributed by atoms with van der Waals surface area (Å²) in [6.07, 6.45) is 0. The minimum atomic E-state index is 0.823. The summed E-state index contributed by atoms with van der Waals surface area (Å²) in [5, 5.41) is 13.8. The molecule has 4 heteroatoms. The normalized spacial score (nSPS) is 10.8. The molecule has 0 bridgehead atoms. The Morgan fingerprint density at radius 2 is 2.33 bits per heavy atom. The van der Waals surface area contributed by atoms with Crippen molar-refractivity contribution < 1.29 is 0 Å². The van der Waals surface area contributed by atoms with Gasteiger partial charge in [0.2, 0.25) is 0 Å². The summed E-state index contributed by atoms with van der Waals surface area (Å²) >= 11 is 0. The topological polar surface area (TPSA) is 53.6 Å². The summed E-state index contributed by atoms with van der Waals surface area (Å²) in [5.74, 6) is 0. The fourth-order valence-corrected chi connectivity index (χ4v) is 1.26. The smallest absolute Gasteiger partial charge is 0.117 e. The van der Waals surface area contributed by atoms with Gasteiger partial charge in [-0.25, -0.2) is 0 Å². The van der Waals surface area contributed by atoms with Gasteiger partial charge >= 0.3 is 0 Å². The fraction of sp³-hybridized carbons (Fsp3) is 0.250. The molecule has 2 N–H and O–H groups in total. The predicted octanol–water partition coefficient (Wildman–Crippen LogP) is 0.677. The Labute approximate surface area is 70.0 Å². The first kappa shape index (κ1) is 7.24. The van der Waals surface area contributed by atoms with Crippen molar-refractivity contribution in [2.24, 2.45) is 0 Å². The van der Waals surface area contributed by atoms with Gasteiger partial charge in [0.05, 0.1) is 0 Å². The van der Waals surface area contributed by atoms with Gasteiger partial charge in [-0.15, -0.1) is 0 Å². The highest BCUT2D eigenvalue weighted by Gasteiger charge is 2.01. The molecule has 0 fully saturated rings. The van der Waals surface area contributed by atoms with Crippen LogP contribution >= 0.6 is 0 Å². The van der Waals surface area contributed by atoms with Crippen molar-refractivity contribution in [3.05, 3.63) is 23.8 Å². The Balaban J connectivity index is 2.57. The van der Waals surface area contributed by atoms with Crippen molar-refractivity contribution in [2.45, 2.75) is 6.54 Å². The van der Waals surface area contributed by atoms with E-state index in [9.17, 15) is 0 Å². The standard InChI is InChI=1S/C8H10N4/c1-9-5-6-3-2-4-7-8(6)11-12-10-7/h2-4,9H,5H2,1H3,(H,10,11,12). The number of hydrogen-bond acceptors (Lipinski definition) is 3. The van der Waals surface area contributed by atoms with Crippen LogP contribution in [0.2, 0.25) is 0 Å². The van der Waals surface area contributed by atoms with E-state index in [1.165, 1.54) is 5.56 Å². The molecular formula is C8H10N4. The number of nitrogens with one attached hydrogen (secondary N) is 2. The van der Waals surface area contributed by atoms with Gasteiger partial charge in [-0.1, -0.05) is 12.1 Å². The van der Waals surface area contributed by atoms with Crippen LogP contribution in [0.5, 0.6) is 0 Å². The van der Waals surface area contributed by atoms with E-state index in [0.717, 1.165) is 17.6 Å². The molecule has 0 aliphatic heterocycles. The number of benzene rings is 1. The van der Waals surface area contributed by atoms with E-state index in [1.807, 2.05) is 25.2 Å². The number of fused-ring (bicyclic) bond motifs is 1. The molecule has 0 aliphatic carbocycles. The lowest BCUT2D eigenvalue weighted by Crippen LogP contribution is -2.05. The molecule has 12 heavy (non-hydrogen) atoms. The third kappa shape index (κ3) is 1.06. The molecule has 62 valence electrons. The van der Waals surface area contributed by atoms with Crippen molar-refractivity contribution in [1.82, 2.24) is 20.7 Å². The van der Waals surface area contributed by atoms with Gasteiger partial charge in [0.15, 0.2) is 0 Å². The van der Waals surface area contributed by atoms with Crippen LogP contribution in [0, 0.1) is 0 Å². The number of aromatic nitrogens is 3. The SMILES string of the molecule is CNCc1cccc2n[nH]nc12. The summed E-state index contributed by atoms with van der Waals surface area (Å²) < 4.78 is 0. The van der Waals surface area contributed by atoms with Crippen LogP contribution in [0.3, 0.4) is 0 Å². The Bertz CT molecular complexity index is 379. The van der Waals surface area contributed by atoms with Crippen molar-refractivity contribution in [3.63, 3.8) is 0 Å². The summed E-state index contributed by atoms with van der Waals surface area (Å²) in [6.45, 7) is 0.823. The molecule has 4 nitrogen and oxygen atoms in total. The largest absolute Gasteiger partial charge is 0.316 e. The van der Waals surface area contributed by atoms with E-state index in [4.69, 9.17) is 0 Å². The molecule has 1 aromatic carbocycles. The molecule has 1 heterocycles. The fourth-order valence-electron chi connectivity index (χ4n) is 1.26. The zero-order valence-electron chi connectivity index (χ0n) is 6.83. The first-order valence-corrected chi connectivity index (χ1v) is 3.85. The van der Waals surface area contributed by atoms with Crippen molar-refractivity contribution in [1.29, 1.82) is 0 Å². The Hall–Kier alpha value is -1.42. The summed E-state index contributed by atoms with van der Waals surface area (Å²) in [4.78, 5) is 0. The van der Waals surface area contributed by atoms with Crippen LogP contribution in [0.25, 0.3) is 11.0 Å². The molecule has 0 saturated carbocycles. The number of rotatable bonds is 2. The lowest BCUT2D eigenvalue weighted by atomic mass is 10.2. The summed E-state index contributed by atoms with van der Waals surface area (Å²) in [6, 6.07) is 5.97. The molecule has 0 unspecified atom stereocenters. The van der Waals surface area contributed by atoms with Gasteiger partial charge in [0.25, 0.3) is 0 Å². The number of nitrogens with zero attached hydrogens (tertiary/aromatic N) is 2. The maximum absolute atomic E-state index is 4.06. The van der Waals surface area contributed by atoms with Crippen LogP contribution in [-0.2, 0) is 6.54 Å². The molecule has 0 radical (unpaired) electrons. The summed E-state index contributed by atoms with van der Waals surface area (Å²) in [7, 11) is 1.92. The molecule has 0 saturated heterocycles. The average molecular weight is 162 g/mol. The molecule has 2 rings (SSSR count). The second-order valence-corrected chi connectivity index (χ2v) is 2.64. The number of H-pyrrole nitrogens is 1. The lowest BCUT2D eigenvalue weighted by molar-refractivity contribution is 0.820. The molecule has 1 aromatic heterocycles. The number of aromatic amines is 1. The van der Waals surface area contributed by atoms with Gasteiger partial charge < -0.3 is 5.32 Å². The second-order valence-electron chi connectivity index (χ2n) is 2.64. The zero-order valence-corrected chi connectivity index (χ0v) is 6.83. The van der Waals surface area contributed by atoms with Gasteiger partial charge in [-0.05, 0) is 18.7 Å². The van der Waals surface area contributed by atoms with E-state index < -0.39 is 0 Å². The minimum Gasteiger partial charge on any atom is -0.316 e. The van der Waals surface area contributed by atoms with E-state index in [-0.39, 0.29) is 0 Å². The Kier molecular flexibility index (Phi) is 1.75.